The highest BCUT2D eigenvalue weighted by Crippen LogP contribution is 2.24. The lowest BCUT2D eigenvalue weighted by atomic mass is 10.0. The Morgan fingerprint density at radius 1 is 1.42 bits per heavy atom. The van der Waals surface area contributed by atoms with Crippen LogP contribution in [0.3, 0.4) is 0 Å². The van der Waals surface area contributed by atoms with Gasteiger partial charge in [0, 0.05) is 43.2 Å². The summed E-state index contributed by atoms with van der Waals surface area (Å²) in [6, 6.07) is 7.94. The second-order valence-corrected chi connectivity index (χ2v) is 4.92. The molecule has 19 heavy (non-hydrogen) atoms. The van der Waals surface area contributed by atoms with Gasteiger partial charge >= 0.3 is 0 Å². The first-order chi connectivity index (χ1) is 9.24. The molecule has 1 N–H and O–H groups in total. The maximum Gasteiger partial charge on any atom is 0.163 e. The van der Waals surface area contributed by atoms with Gasteiger partial charge in [-0.1, -0.05) is 12.1 Å². The van der Waals surface area contributed by atoms with Crippen LogP contribution in [-0.4, -0.2) is 22.1 Å². The summed E-state index contributed by atoms with van der Waals surface area (Å²) in [5, 5.41) is 7.42. The third-order valence-electron chi connectivity index (χ3n) is 3.67. The number of ketones is 1. The number of carbonyl (C=O) groups excluding carboxylic acids is 1. The van der Waals surface area contributed by atoms with Crippen molar-refractivity contribution in [1.82, 2.24) is 9.78 Å². The molecule has 2 aromatic rings. The number of carbonyl (C=O) groups is 1. The Bertz CT molecular complexity index is 616. The number of anilines is 1. The number of rotatable bonds is 4. The molecule has 0 unspecified atom stereocenters. The molecule has 2 heterocycles. The first kappa shape index (κ1) is 12.0. The monoisotopic (exact) mass is 255 g/mol. The average molecular weight is 255 g/mol. The van der Waals surface area contributed by atoms with Crippen LogP contribution >= 0.6 is 0 Å². The predicted molar refractivity (Wildman–Crippen MR) is 74.5 cm³/mol. The van der Waals surface area contributed by atoms with E-state index in [9.17, 15) is 4.79 Å². The third-order valence-corrected chi connectivity index (χ3v) is 3.67. The van der Waals surface area contributed by atoms with Gasteiger partial charge in [0.25, 0.3) is 0 Å². The van der Waals surface area contributed by atoms with Crippen LogP contribution in [-0.2, 0) is 19.9 Å². The summed E-state index contributed by atoms with van der Waals surface area (Å²) in [5.74, 6) is 0.192. The molecule has 4 nitrogen and oxygen atoms in total. The summed E-state index contributed by atoms with van der Waals surface area (Å²) >= 11 is 0. The number of aryl methyl sites for hydroxylation is 2. The van der Waals surface area contributed by atoms with E-state index < -0.39 is 0 Å². The van der Waals surface area contributed by atoms with E-state index in [-0.39, 0.29) is 5.78 Å². The summed E-state index contributed by atoms with van der Waals surface area (Å²) in [7, 11) is 1.90. The highest BCUT2D eigenvalue weighted by molar-refractivity contribution is 5.97. The van der Waals surface area contributed by atoms with Crippen molar-refractivity contribution in [2.24, 2.45) is 7.05 Å². The van der Waals surface area contributed by atoms with Gasteiger partial charge in [-0.05, 0) is 30.5 Å². The Morgan fingerprint density at radius 2 is 2.32 bits per heavy atom. The fourth-order valence-corrected chi connectivity index (χ4v) is 2.50. The molecule has 1 aromatic heterocycles. The highest BCUT2D eigenvalue weighted by Gasteiger charge is 2.13. The Hall–Kier alpha value is -2.10. The van der Waals surface area contributed by atoms with E-state index >= 15 is 0 Å². The van der Waals surface area contributed by atoms with Crippen LogP contribution in [0.5, 0.6) is 0 Å². The minimum absolute atomic E-state index is 0.192. The minimum atomic E-state index is 0.192. The number of hydrogen-bond acceptors (Lipinski definition) is 3. The predicted octanol–water partition coefficient (Wildman–Crippen LogP) is 2.20. The van der Waals surface area contributed by atoms with Crippen molar-refractivity contribution in [1.29, 1.82) is 0 Å². The van der Waals surface area contributed by atoms with E-state index in [4.69, 9.17) is 0 Å². The number of hydrogen-bond donors (Lipinski definition) is 1. The third kappa shape index (κ3) is 2.38. The zero-order valence-electron chi connectivity index (χ0n) is 11.0. The summed E-state index contributed by atoms with van der Waals surface area (Å²) in [5.41, 5.74) is 4.32. The second kappa shape index (κ2) is 4.88. The molecule has 4 heteroatoms. The van der Waals surface area contributed by atoms with Crippen LogP contribution in [0.1, 0.15) is 28.0 Å². The lowest BCUT2D eigenvalue weighted by molar-refractivity contribution is 0.0982. The Morgan fingerprint density at radius 3 is 3.11 bits per heavy atom. The molecule has 0 atom stereocenters. The zero-order chi connectivity index (χ0) is 13.2. The largest absolute Gasteiger partial charge is 0.384 e. The van der Waals surface area contributed by atoms with Crippen LogP contribution in [0.2, 0.25) is 0 Å². The molecule has 0 aliphatic carbocycles. The quantitative estimate of drug-likeness (QED) is 0.852. The summed E-state index contributed by atoms with van der Waals surface area (Å²) in [6.07, 6.45) is 4.08. The van der Waals surface area contributed by atoms with Gasteiger partial charge in [-0.2, -0.15) is 5.10 Å². The number of Topliss-reactive ketones (excluding diaryl/α,β-unsaturated/α-hetero) is 1. The van der Waals surface area contributed by atoms with Gasteiger partial charge in [-0.3, -0.25) is 9.48 Å². The first-order valence-electron chi connectivity index (χ1n) is 6.61. The van der Waals surface area contributed by atoms with E-state index in [1.54, 1.807) is 6.20 Å². The van der Waals surface area contributed by atoms with Crippen molar-refractivity contribution in [3.8, 4) is 0 Å². The van der Waals surface area contributed by atoms with Gasteiger partial charge in [0.2, 0.25) is 0 Å². The molecule has 1 aliphatic rings. The zero-order valence-corrected chi connectivity index (χ0v) is 11.0. The van der Waals surface area contributed by atoms with Gasteiger partial charge < -0.3 is 5.32 Å². The number of nitrogens with zero attached hydrogens (tertiary/aromatic N) is 2. The molecule has 0 radical (unpaired) electrons. The van der Waals surface area contributed by atoms with Crippen molar-refractivity contribution < 1.29 is 4.79 Å². The fraction of sp³-hybridized carbons (Fsp3) is 0.333. The summed E-state index contributed by atoms with van der Waals surface area (Å²) in [6.45, 7) is 0.974. The van der Waals surface area contributed by atoms with E-state index in [2.05, 4.69) is 16.5 Å². The lowest BCUT2D eigenvalue weighted by Gasteiger charge is -2.05. The number of benzene rings is 1. The van der Waals surface area contributed by atoms with E-state index in [1.807, 2.05) is 29.9 Å². The SMILES string of the molecule is Cn1nccc1CCC(=O)c1ccc2c(c1)NCC2. The molecule has 0 bridgehead atoms. The molecule has 0 spiro atoms. The molecule has 3 rings (SSSR count). The molecule has 1 aromatic carbocycles. The van der Waals surface area contributed by atoms with Crippen molar-refractivity contribution in [2.45, 2.75) is 19.3 Å². The summed E-state index contributed by atoms with van der Waals surface area (Å²) < 4.78 is 1.82. The second-order valence-electron chi connectivity index (χ2n) is 4.92. The Balaban J connectivity index is 1.69. The summed E-state index contributed by atoms with van der Waals surface area (Å²) in [4.78, 5) is 12.2. The molecule has 0 saturated carbocycles. The van der Waals surface area contributed by atoms with Crippen molar-refractivity contribution in [3.05, 3.63) is 47.3 Å². The van der Waals surface area contributed by atoms with Crippen molar-refractivity contribution >= 4 is 11.5 Å². The van der Waals surface area contributed by atoms with Crippen LogP contribution in [0.15, 0.2) is 30.5 Å². The topological polar surface area (TPSA) is 46.9 Å². The maximum absolute atomic E-state index is 12.2. The van der Waals surface area contributed by atoms with Gasteiger partial charge in [0.15, 0.2) is 5.78 Å². The molecule has 0 amide bonds. The van der Waals surface area contributed by atoms with Crippen LogP contribution < -0.4 is 5.32 Å². The van der Waals surface area contributed by atoms with Gasteiger partial charge in [0.05, 0.1) is 0 Å². The van der Waals surface area contributed by atoms with Crippen LogP contribution in [0, 0.1) is 0 Å². The Labute approximate surface area is 112 Å². The fourth-order valence-electron chi connectivity index (χ4n) is 2.50. The van der Waals surface area contributed by atoms with E-state index in [1.165, 1.54) is 5.56 Å². The standard InChI is InChI=1S/C15H17N3O/c1-18-13(7-9-17-18)4-5-15(19)12-3-2-11-6-8-16-14(11)10-12/h2-3,7,9-10,16H,4-6,8H2,1H3. The van der Waals surface area contributed by atoms with Crippen molar-refractivity contribution in [2.75, 3.05) is 11.9 Å². The van der Waals surface area contributed by atoms with Crippen LogP contribution in [0.25, 0.3) is 0 Å². The van der Waals surface area contributed by atoms with Crippen molar-refractivity contribution in [3.63, 3.8) is 0 Å². The van der Waals surface area contributed by atoms with Crippen LogP contribution in [0.4, 0.5) is 5.69 Å². The molecule has 0 fully saturated rings. The maximum atomic E-state index is 12.2. The average Bonchev–Trinajstić information content (AvgIpc) is 3.03. The number of aromatic nitrogens is 2. The molecular weight excluding hydrogens is 238 g/mol. The van der Waals surface area contributed by atoms with Gasteiger partial charge in [-0.15, -0.1) is 0 Å². The Kier molecular flexibility index (Phi) is 3.07. The minimum Gasteiger partial charge on any atom is -0.384 e. The van der Waals surface area contributed by atoms with Gasteiger partial charge in [0.1, 0.15) is 0 Å². The molecular formula is C15H17N3O. The molecule has 1 aliphatic heterocycles. The first-order valence-corrected chi connectivity index (χ1v) is 6.61. The normalized spacial score (nSPS) is 13.1. The number of fused-ring (bicyclic) bond motifs is 1. The van der Waals surface area contributed by atoms with Gasteiger partial charge in [-0.25, -0.2) is 0 Å². The molecule has 98 valence electrons. The number of nitrogens with one attached hydrogen (secondary N) is 1. The lowest BCUT2D eigenvalue weighted by Crippen LogP contribution is -2.05. The smallest absolute Gasteiger partial charge is 0.163 e. The molecule has 0 saturated heterocycles. The van der Waals surface area contributed by atoms with E-state index in [0.717, 1.165) is 36.3 Å². The van der Waals surface area contributed by atoms with E-state index in [0.29, 0.717) is 6.42 Å². The highest BCUT2D eigenvalue weighted by atomic mass is 16.1.